The first-order valence-corrected chi connectivity index (χ1v) is 9.98. The zero-order valence-electron chi connectivity index (χ0n) is 15.6. The number of aromatic nitrogens is 2. The molecule has 0 unspecified atom stereocenters. The Morgan fingerprint density at radius 2 is 1.86 bits per heavy atom. The van der Waals surface area contributed by atoms with E-state index in [1.165, 1.54) is 17.4 Å². The second kappa shape index (κ2) is 6.83. The van der Waals surface area contributed by atoms with Crippen molar-refractivity contribution >= 4 is 32.5 Å². The van der Waals surface area contributed by atoms with Crippen molar-refractivity contribution in [2.75, 3.05) is 0 Å². The minimum absolute atomic E-state index is 0.115. The van der Waals surface area contributed by atoms with Gasteiger partial charge in [0.05, 0.1) is 18.4 Å². The Morgan fingerprint density at radius 1 is 1.03 bits per heavy atom. The third-order valence-corrected chi connectivity index (χ3v) is 6.05. The molecule has 0 fully saturated rings. The Morgan fingerprint density at radius 3 is 2.69 bits per heavy atom. The molecule has 2 aromatic carbocycles. The molecule has 0 aliphatic heterocycles. The van der Waals surface area contributed by atoms with E-state index in [4.69, 9.17) is 4.42 Å². The van der Waals surface area contributed by atoms with Gasteiger partial charge < -0.3 is 4.42 Å². The number of fused-ring (bicyclic) bond motifs is 2. The standard InChI is InChI=1S/C23H16N2O3S/c1-14-7-8-17-16(10-21(26)28-19(17)9-14)12-25-13-24-18-11-20(29-22(18)23(25)27)15-5-3-2-4-6-15/h2-11,13H,12H2,1H3. The van der Waals surface area contributed by atoms with Crippen molar-refractivity contribution in [2.24, 2.45) is 0 Å². The zero-order chi connectivity index (χ0) is 20.0. The van der Waals surface area contributed by atoms with Gasteiger partial charge in [0.1, 0.15) is 10.3 Å². The van der Waals surface area contributed by atoms with Crippen LogP contribution < -0.4 is 11.2 Å². The van der Waals surface area contributed by atoms with Crippen LogP contribution in [0, 0.1) is 6.92 Å². The number of thiophene rings is 1. The third kappa shape index (κ3) is 3.17. The van der Waals surface area contributed by atoms with Crippen molar-refractivity contribution in [3.05, 3.63) is 98.9 Å². The van der Waals surface area contributed by atoms with Crippen LogP contribution >= 0.6 is 11.3 Å². The number of benzene rings is 2. The first-order valence-electron chi connectivity index (χ1n) is 9.16. The normalized spacial score (nSPS) is 11.3. The summed E-state index contributed by atoms with van der Waals surface area (Å²) >= 11 is 1.43. The van der Waals surface area contributed by atoms with Crippen molar-refractivity contribution in [2.45, 2.75) is 13.5 Å². The molecule has 0 saturated heterocycles. The van der Waals surface area contributed by atoms with E-state index < -0.39 is 5.63 Å². The van der Waals surface area contributed by atoms with Gasteiger partial charge >= 0.3 is 5.63 Å². The van der Waals surface area contributed by atoms with Crippen LogP contribution in [0.5, 0.6) is 0 Å². The average molecular weight is 400 g/mol. The first-order chi connectivity index (χ1) is 14.1. The van der Waals surface area contributed by atoms with Crippen LogP contribution in [0.3, 0.4) is 0 Å². The zero-order valence-corrected chi connectivity index (χ0v) is 16.4. The van der Waals surface area contributed by atoms with Gasteiger partial charge in [-0.2, -0.15) is 0 Å². The number of rotatable bonds is 3. The predicted octanol–water partition coefficient (Wildman–Crippen LogP) is 4.59. The van der Waals surface area contributed by atoms with Crippen LogP contribution in [0.2, 0.25) is 0 Å². The quantitative estimate of drug-likeness (QED) is 0.416. The van der Waals surface area contributed by atoms with Crippen LogP contribution in [0.25, 0.3) is 31.6 Å². The second-order valence-corrected chi connectivity index (χ2v) is 8.01. The van der Waals surface area contributed by atoms with E-state index >= 15 is 0 Å². The molecule has 5 aromatic rings. The molecule has 0 N–H and O–H groups in total. The summed E-state index contributed by atoms with van der Waals surface area (Å²) in [6.45, 7) is 2.20. The number of hydrogen-bond acceptors (Lipinski definition) is 5. The molecule has 3 heterocycles. The lowest BCUT2D eigenvalue weighted by molar-refractivity contribution is 0.557. The summed E-state index contributed by atoms with van der Waals surface area (Å²) in [7, 11) is 0. The van der Waals surface area contributed by atoms with Crippen LogP contribution in [-0.4, -0.2) is 9.55 Å². The summed E-state index contributed by atoms with van der Waals surface area (Å²) < 4.78 is 7.47. The maximum atomic E-state index is 13.1. The maximum Gasteiger partial charge on any atom is 0.336 e. The molecular formula is C23H16N2O3S. The van der Waals surface area contributed by atoms with Gasteiger partial charge in [-0.3, -0.25) is 9.36 Å². The Bertz CT molecular complexity index is 1480. The second-order valence-electron chi connectivity index (χ2n) is 6.96. The van der Waals surface area contributed by atoms with Crippen LogP contribution in [0.4, 0.5) is 0 Å². The summed E-state index contributed by atoms with van der Waals surface area (Å²) in [5.74, 6) is 0. The van der Waals surface area contributed by atoms with Gasteiger partial charge in [0, 0.05) is 16.3 Å². The van der Waals surface area contributed by atoms with Crippen LogP contribution in [0.15, 0.2) is 81.0 Å². The predicted molar refractivity (Wildman–Crippen MR) is 116 cm³/mol. The van der Waals surface area contributed by atoms with E-state index in [-0.39, 0.29) is 12.1 Å². The van der Waals surface area contributed by atoms with Crippen molar-refractivity contribution in [3.8, 4) is 10.4 Å². The van der Waals surface area contributed by atoms with Gasteiger partial charge in [0.25, 0.3) is 5.56 Å². The highest BCUT2D eigenvalue weighted by molar-refractivity contribution is 7.22. The molecule has 5 rings (SSSR count). The van der Waals surface area contributed by atoms with Crippen LogP contribution in [-0.2, 0) is 6.54 Å². The minimum atomic E-state index is -0.428. The molecule has 3 aromatic heterocycles. The van der Waals surface area contributed by atoms with E-state index in [2.05, 4.69) is 4.98 Å². The van der Waals surface area contributed by atoms with E-state index in [0.29, 0.717) is 15.8 Å². The molecule has 0 aliphatic carbocycles. The summed E-state index contributed by atoms with van der Waals surface area (Å²) in [5, 5.41) is 0.818. The lowest BCUT2D eigenvalue weighted by atomic mass is 10.1. The summed E-state index contributed by atoms with van der Waals surface area (Å²) in [5.41, 5.74) is 3.46. The molecule has 6 heteroatoms. The minimum Gasteiger partial charge on any atom is -0.423 e. The SMILES string of the molecule is Cc1ccc2c(Cn3cnc4cc(-c5ccccc5)sc4c3=O)cc(=O)oc2c1. The topological polar surface area (TPSA) is 65.1 Å². The highest BCUT2D eigenvalue weighted by Gasteiger charge is 2.12. The summed E-state index contributed by atoms with van der Waals surface area (Å²) in [6, 6.07) is 19.0. The largest absolute Gasteiger partial charge is 0.423 e. The van der Waals surface area contributed by atoms with Crippen molar-refractivity contribution in [1.82, 2.24) is 9.55 Å². The number of nitrogens with zero attached hydrogens (tertiary/aromatic N) is 2. The Kier molecular flexibility index (Phi) is 4.14. The molecule has 0 aliphatic rings. The van der Waals surface area contributed by atoms with E-state index in [1.54, 1.807) is 10.9 Å². The molecule has 0 spiro atoms. The Labute approximate surface area is 169 Å². The fraction of sp³-hybridized carbons (Fsp3) is 0.0870. The van der Waals surface area contributed by atoms with Gasteiger partial charge in [0.2, 0.25) is 0 Å². The monoisotopic (exact) mass is 400 g/mol. The first kappa shape index (κ1) is 17.6. The van der Waals surface area contributed by atoms with Gasteiger partial charge in [-0.1, -0.05) is 42.5 Å². The van der Waals surface area contributed by atoms with E-state index in [1.807, 2.05) is 61.5 Å². The highest BCUT2D eigenvalue weighted by Crippen LogP contribution is 2.30. The Hall–Kier alpha value is -3.51. The van der Waals surface area contributed by atoms with Gasteiger partial charge in [-0.15, -0.1) is 11.3 Å². The van der Waals surface area contributed by atoms with E-state index in [0.717, 1.165) is 27.0 Å². The van der Waals surface area contributed by atoms with Crippen LogP contribution in [0.1, 0.15) is 11.1 Å². The molecule has 0 saturated carbocycles. The maximum absolute atomic E-state index is 13.1. The fourth-order valence-electron chi connectivity index (χ4n) is 3.45. The molecule has 0 atom stereocenters. The van der Waals surface area contributed by atoms with Gasteiger partial charge in [0.15, 0.2) is 0 Å². The lowest BCUT2D eigenvalue weighted by Crippen LogP contribution is -2.21. The molecule has 0 bridgehead atoms. The Balaban J connectivity index is 1.62. The highest BCUT2D eigenvalue weighted by atomic mass is 32.1. The number of hydrogen-bond donors (Lipinski definition) is 0. The third-order valence-electron chi connectivity index (χ3n) is 4.89. The molecule has 0 amide bonds. The number of aryl methyl sites for hydroxylation is 1. The molecule has 5 nitrogen and oxygen atoms in total. The molecule has 142 valence electrons. The summed E-state index contributed by atoms with van der Waals surface area (Å²) in [6.07, 6.45) is 1.54. The van der Waals surface area contributed by atoms with Crippen molar-refractivity contribution in [1.29, 1.82) is 0 Å². The summed E-state index contributed by atoms with van der Waals surface area (Å²) in [4.78, 5) is 30.6. The molecular weight excluding hydrogens is 384 g/mol. The fourth-order valence-corrected chi connectivity index (χ4v) is 4.52. The van der Waals surface area contributed by atoms with Gasteiger partial charge in [-0.05, 0) is 35.7 Å². The van der Waals surface area contributed by atoms with Gasteiger partial charge in [-0.25, -0.2) is 9.78 Å². The average Bonchev–Trinajstić information content (AvgIpc) is 3.15. The molecule has 29 heavy (non-hydrogen) atoms. The van der Waals surface area contributed by atoms with Crippen molar-refractivity contribution in [3.63, 3.8) is 0 Å². The molecule has 0 radical (unpaired) electrons. The smallest absolute Gasteiger partial charge is 0.336 e. The van der Waals surface area contributed by atoms with E-state index in [9.17, 15) is 9.59 Å². The lowest BCUT2D eigenvalue weighted by Gasteiger charge is -2.08. The van der Waals surface area contributed by atoms with Crippen molar-refractivity contribution < 1.29 is 4.42 Å².